The van der Waals surface area contributed by atoms with Crippen LogP contribution in [0.25, 0.3) is 0 Å². The second-order valence-corrected chi connectivity index (χ2v) is 5.11. The van der Waals surface area contributed by atoms with Gasteiger partial charge in [0.2, 0.25) is 0 Å². The minimum Gasteiger partial charge on any atom is -0.361 e. The lowest BCUT2D eigenvalue weighted by molar-refractivity contribution is 0.0913. The minimum atomic E-state index is -0.0906. The van der Waals surface area contributed by atoms with Gasteiger partial charge in [0.1, 0.15) is 11.3 Å². The lowest BCUT2D eigenvalue weighted by Gasteiger charge is -2.37. The molecule has 1 saturated heterocycles. The molecule has 1 aromatic heterocycles. The number of nitrogens with one attached hydrogen (secondary N) is 2. The summed E-state index contributed by atoms with van der Waals surface area (Å²) >= 11 is 0. The van der Waals surface area contributed by atoms with Crippen LogP contribution in [-0.2, 0) is 0 Å². The van der Waals surface area contributed by atoms with Gasteiger partial charge in [0.05, 0.1) is 6.20 Å². The van der Waals surface area contributed by atoms with E-state index in [4.69, 9.17) is 4.52 Å². The maximum absolute atomic E-state index is 12.0. The normalized spacial score (nSPS) is 23.9. The van der Waals surface area contributed by atoms with Gasteiger partial charge in [-0.1, -0.05) is 12.1 Å². The van der Waals surface area contributed by atoms with Crippen LogP contribution in [0.15, 0.2) is 10.7 Å². The predicted molar refractivity (Wildman–Crippen MR) is 68.4 cm³/mol. The summed E-state index contributed by atoms with van der Waals surface area (Å²) in [6.45, 7) is 6.70. The molecule has 2 rings (SSSR count). The van der Waals surface area contributed by atoms with E-state index in [2.05, 4.69) is 22.7 Å². The fraction of sp³-hybridized carbons (Fsp3) is 0.692. The topological polar surface area (TPSA) is 67.2 Å². The van der Waals surface area contributed by atoms with E-state index in [1.54, 1.807) is 6.92 Å². The van der Waals surface area contributed by atoms with Gasteiger partial charge < -0.3 is 15.2 Å². The minimum absolute atomic E-state index is 0.0906. The van der Waals surface area contributed by atoms with Crippen LogP contribution in [0.4, 0.5) is 0 Å². The zero-order valence-corrected chi connectivity index (χ0v) is 11.1. The first-order chi connectivity index (χ1) is 8.67. The Hall–Kier alpha value is -1.36. The van der Waals surface area contributed by atoms with Crippen molar-refractivity contribution in [3.05, 3.63) is 17.5 Å². The third-order valence-corrected chi connectivity index (χ3v) is 3.93. The molecular weight excluding hydrogens is 230 g/mol. The van der Waals surface area contributed by atoms with E-state index in [0.29, 0.717) is 17.9 Å². The molecule has 0 aromatic carbocycles. The summed E-state index contributed by atoms with van der Waals surface area (Å²) in [6, 6.07) is 0. The number of rotatable bonds is 4. The molecule has 100 valence electrons. The molecule has 2 heterocycles. The zero-order chi connectivity index (χ0) is 13.0. The van der Waals surface area contributed by atoms with Gasteiger partial charge in [0, 0.05) is 13.1 Å². The summed E-state index contributed by atoms with van der Waals surface area (Å²) in [5, 5.41) is 10.0. The van der Waals surface area contributed by atoms with Crippen molar-refractivity contribution in [3.8, 4) is 0 Å². The van der Waals surface area contributed by atoms with Gasteiger partial charge >= 0.3 is 0 Å². The third kappa shape index (κ3) is 2.72. The Labute approximate surface area is 107 Å². The van der Waals surface area contributed by atoms with Crippen molar-refractivity contribution < 1.29 is 9.32 Å². The highest BCUT2D eigenvalue weighted by atomic mass is 16.5. The Morgan fingerprint density at radius 1 is 1.67 bits per heavy atom. The maximum Gasteiger partial charge on any atom is 0.256 e. The fourth-order valence-corrected chi connectivity index (χ4v) is 2.49. The van der Waals surface area contributed by atoms with Crippen LogP contribution in [0, 0.1) is 12.3 Å². The first-order valence-corrected chi connectivity index (χ1v) is 6.57. The molecule has 5 heteroatoms. The van der Waals surface area contributed by atoms with Crippen molar-refractivity contribution in [2.45, 2.75) is 33.1 Å². The van der Waals surface area contributed by atoms with E-state index >= 15 is 0 Å². The molecular formula is C13H21N3O2. The van der Waals surface area contributed by atoms with Crippen molar-refractivity contribution in [1.82, 2.24) is 15.8 Å². The van der Waals surface area contributed by atoms with Gasteiger partial charge in [0.15, 0.2) is 0 Å². The summed E-state index contributed by atoms with van der Waals surface area (Å²) in [7, 11) is 0. The van der Waals surface area contributed by atoms with Crippen molar-refractivity contribution in [3.63, 3.8) is 0 Å². The first kappa shape index (κ1) is 13.1. The molecule has 0 spiro atoms. The Kier molecular flexibility index (Phi) is 4.01. The molecule has 1 atom stereocenters. The molecule has 2 N–H and O–H groups in total. The molecule has 18 heavy (non-hydrogen) atoms. The molecule has 1 aliphatic heterocycles. The molecule has 1 unspecified atom stereocenters. The van der Waals surface area contributed by atoms with Crippen molar-refractivity contribution in [1.29, 1.82) is 0 Å². The van der Waals surface area contributed by atoms with Crippen LogP contribution >= 0.6 is 0 Å². The standard InChI is InChI=1S/C13H21N3O2/c1-3-13(5-4-6-14-8-13)9-15-12(17)11-7-16-18-10(11)2/h7,14H,3-6,8-9H2,1-2H3,(H,15,17). The first-order valence-electron chi connectivity index (χ1n) is 6.57. The summed E-state index contributed by atoms with van der Waals surface area (Å²) in [5.41, 5.74) is 0.726. The van der Waals surface area contributed by atoms with E-state index in [0.717, 1.165) is 19.5 Å². The molecule has 5 nitrogen and oxygen atoms in total. The molecule has 1 aromatic rings. The average Bonchev–Trinajstić information content (AvgIpc) is 2.83. The molecule has 0 saturated carbocycles. The van der Waals surface area contributed by atoms with Gasteiger partial charge in [0.25, 0.3) is 5.91 Å². The number of hydrogen-bond donors (Lipinski definition) is 2. The second kappa shape index (κ2) is 5.52. The van der Waals surface area contributed by atoms with Crippen molar-refractivity contribution in [2.24, 2.45) is 5.41 Å². The smallest absolute Gasteiger partial charge is 0.256 e. The Morgan fingerprint density at radius 3 is 3.06 bits per heavy atom. The highest BCUT2D eigenvalue weighted by Crippen LogP contribution is 2.29. The van der Waals surface area contributed by atoms with Gasteiger partial charge in [-0.2, -0.15) is 0 Å². The molecule has 1 amide bonds. The summed E-state index contributed by atoms with van der Waals surface area (Å²) in [4.78, 5) is 12.0. The lowest BCUT2D eigenvalue weighted by atomic mass is 9.78. The van der Waals surface area contributed by atoms with Crippen LogP contribution in [-0.4, -0.2) is 30.7 Å². The number of carbonyl (C=O) groups is 1. The maximum atomic E-state index is 12.0. The van der Waals surface area contributed by atoms with Gasteiger partial charge in [-0.25, -0.2) is 0 Å². The number of piperidine rings is 1. The van der Waals surface area contributed by atoms with Gasteiger partial charge in [-0.05, 0) is 38.1 Å². The van der Waals surface area contributed by atoms with Crippen LogP contribution in [0.2, 0.25) is 0 Å². The summed E-state index contributed by atoms with van der Waals surface area (Å²) < 4.78 is 4.91. The fourth-order valence-electron chi connectivity index (χ4n) is 2.49. The molecule has 1 fully saturated rings. The Balaban J connectivity index is 1.94. The monoisotopic (exact) mass is 251 g/mol. The van der Waals surface area contributed by atoms with E-state index in [9.17, 15) is 4.79 Å². The Bertz CT molecular complexity index is 408. The molecule has 0 aliphatic carbocycles. The number of aryl methyl sites for hydroxylation is 1. The second-order valence-electron chi connectivity index (χ2n) is 5.11. The molecule has 0 radical (unpaired) electrons. The van der Waals surface area contributed by atoms with E-state index in [1.165, 1.54) is 19.0 Å². The highest BCUT2D eigenvalue weighted by Gasteiger charge is 2.30. The van der Waals surface area contributed by atoms with Crippen LogP contribution in [0.1, 0.15) is 42.3 Å². The summed E-state index contributed by atoms with van der Waals surface area (Å²) in [5.74, 6) is 0.479. The Morgan fingerprint density at radius 2 is 2.50 bits per heavy atom. The van der Waals surface area contributed by atoms with Crippen LogP contribution in [0.3, 0.4) is 0 Å². The number of aromatic nitrogens is 1. The third-order valence-electron chi connectivity index (χ3n) is 3.93. The van der Waals surface area contributed by atoms with Gasteiger partial charge in [-0.15, -0.1) is 0 Å². The average molecular weight is 251 g/mol. The highest BCUT2D eigenvalue weighted by molar-refractivity contribution is 5.94. The number of carbonyl (C=O) groups excluding carboxylic acids is 1. The van der Waals surface area contributed by atoms with Gasteiger partial charge in [-0.3, -0.25) is 4.79 Å². The van der Waals surface area contributed by atoms with Crippen LogP contribution < -0.4 is 10.6 Å². The van der Waals surface area contributed by atoms with Crippen LogP contribution in [0.5, 0.6) is 0 Å². The summed E-state index contributed by atoms with van der Waals surface area (Å²) in [6.07, 6.45) is 4.89. The van der Waals surface area contributed by atoms with Crippen molar-refractivity contribution >= 4 is 5.91 Å². The number of amides is 1. The quantitative estimate of drug-likeness (QED) is 0.851. The lowest BCUT2D eigenvalue weighted by Crippen LogP contribution is -2.47. The zero-order valence-electron chi connectivity index (χ0n) is 11.1. The van der Waals surface area contributed by atoms with E-state index in [-0.39, 0.29) is 11.3 Å². The van der Waals surface area contributed by atoms with Crippen molar-refractivity contribution in [2.75, 3.05) is 19.6 Å². The largest absolute Gasteiger partial charge is 0.361 e. The van der Waals surface area contributed by atoms with E-state index < -0.39 is 0 Å². The SMILES string of the molecule is CCC1(CNC(=O)c2cnoc2C)CCCNC1. The molecule has 1 aliphatic rings. The number of hydrogen-bond acceptors (Lipinski definition) is 4. The van der Waals surface area contributed by atoms with E-state index in [1.807, 2.05) is 0 Å². The number of nitrogens with zero attached hydrogens (tertiary/aromatic N) is 1. The molecule has 0 bridgehead atoms. The predicted octanol–water partition coefficient (Wildman–Crippen LogP) is 1.49.